The molecule has 0 saturated heterocycles. The van der Waals surface area contributed by atoms with Crippen LogP contribution in [0.4, 0.5) is 4.79 Å². The molecule has 0 atom stereocenters. The number of carboxylic acid groups (broad SMARTS) is 1. The van der Waals surface area contributed by atoms with Gasteiger partial charge in [0, 0.05) is 5.56 Å². The Kier molecular flexibility index (Phi) is 3.72. The number of ether oxygens (including phenoxy) is 1. The maximum Gasteiger partial charge on any atom is 0.407 e. The Bertz CT molecular complexity index is 419. The highest BCUT2D eigenvalue weighted by molar-refractivity contribution is 5.85. The number of alkyl carbamates (subject to hydrolysis) is 1. The van der Waals surface area contributed by atoms with Crippen LogP contribution in [0.15, 0.2) is 10.7 Å². The molecule has 1 aromatic rings. The number of carbonyl (C=O) groups excluding carboxylic acids is 1. The number of hydrogen-bond acceptors (Lipinski definition) is 5. The van der Waals surface area contributed by atoms with Gasteiger partial charge in [0.1, 0.15) is 5.60 Å². The van der Waals surface area contributed by atoms with Gasteiger partial charge in [0.05, 0.1) is 12.7 Å². The molecule has 0 saturated carbocycles. The minimum atomic E-state index is -1.23. The number of nitrogens with one attached hydrogen (secondary N) is 1. The topological polar surface area (TPSA) is 102 Å². The normalized spacial score (nSPS) is 11.0. The van der Waals surface area contributed by atoms with Crippen LogP contribution >= 0.6 is 0 Å². The summed E-state index contributed by atoms with van der Waals surface area (Å²) in [4.78, 5) is 22.0. The van der Waals surface area contributed by atoms with Crippen LogP contribution in [0, 0.1) is 0 Å². The zero-order valence-corrected chi connectivity index (χ0v) is 9.81. The van der Waals surface area contributed by atoms with E-state index in [2.05, 4.69) is 15.0 Å². The lowest BCUT2D eigenvalue weighted by molar-refractivity contribution is 0.0519. The molecule has 1 rings (SSSR count). The molecule has 0 bridgehead atoms. The number of rotatable bonds is 3. The number of hydrogen-bond donors (Lipinski definition) is 2. The van der Waals surface area contributed by atoms with E-state index in [0.29, 0.717) is 0 Å². The average Bonchev–Trinajstić information content (AvgIpc) is 2.59. The fourth-order valence-electron chi connectivity index (χ4n) is 1.04. The fourth-order valence-corrected chi connectivity index (χ4v) is 1.04. The van der Waals surface area contributed by atoms with Crippen molar-refractivity contribution in [2.45, 2.75) is 32.9 Å². The van der Waals surface area contributed by atoms with Crippen LogP contribution in [-0.4, -0.2) is 27.9 Å². The van der Waals surface area contributed by atoms with Crippen LogP contribution < -0.4 is 5.32 Å². The van der Waals surface area contributed by atoms with Crippen molar-refractivity contribution in [3.8, 4) is 0 Å². The first-order valence-electron chi connectivity index (χ1n) is 4.93. The third-order valence-corrected chi connectivity index (χ3v) is 1.66. The van der Waals surface area contributed by atoms with Crippen molar-refractivity contribution in [1.29, 1.82) is 0 Å². The Balaban J connectivity index is 2.53. The molecule has 17 heavy (non-hydrogen) atoms. The van der Waals surface area contributed by atoms with Gasteiger partial charge in [-0.2, -0.15) is 0 Å². The van der Waals surface area contributed by atoms with Crippen molar-refractivity contribution >= 4 is 12.1 Å². The van der Waals surface area contributed by atoms with Gasteiger partial charge in [-0.15, -0.1) is 0 Å². The molecule has 0 aliphatic heterocycles. The third-order valence-electron chi connectivity index (χ3n) is 1.66. The summed E-state index contributed by atoms with van der Waals surface area (Å²) in [5.41, 5.74) is -0.322. The monoisotopic (exact) mass is 242 g/mol. The van der Waals surface area contributed by atoms with E-state index >= 15 is 0 Å². The van der Waals surface area contributed by atoms with Crippen LogP contribution in [0.1, 0.15) is 36.9 Å². The molecule has 1 heterocycles. The van der Waals surface area contributed by atoms with Crippen molar-refractivity contribution in [2.24, 2.45) is 0 Å². The SMILES string of the molecule is CC(C)(C)OC(=O)NCc1cnoc1C(=O)O. The summed E-state index contributed by atoms with van der Waals surface area (Å²) in [6, 6.07) is 0. The van der Waals surface area contributed by atoms with Gasteiger partial charge in [0.15, 0.2) is 0 Å². The average molecular weight is 242 g/mol. The zero-order valence-electron chi connectivity index (χ0n) is 9.81. The second kappa shape index (κ2) is 4.86. The second-order valence-corrected chi connectivity index (χ2v) is 4.34. The molecule has 1 aromatic heterocycles. The Morgan fingerprint density at radius 2 is 2.18 bits per heavy atom. The Morgan fingerprint density at radius 3 is 2.71 bits per heavy atom. The summed E-state index contributed by atoms with van der Waals surface area (Å²) in [6.45, 7) is 5.18. The first-order valence-corrected chi connectivity index (χ1v) is 4.93. The van der Waals surface area contributed by atoms with Crippen LogP contribution in [0.5, 0.6) is 0 Å². The molecule has 0 radical (unpaired) electrons. The standard InChI is InChI=1S/C10H14N2O5/c1-10(2,3)16-9(15)11-4-6-5-12-17-7(6)8(13)14/h5H,4H2,1-3H3,(H,11,15)(H,13,14). The molecule has 0 unspecified atom stereocenters. The lowest BCUT2D eigenvalue weighted by Gasteiger charge is -2.19. The molecule has 0 fully saturated rings. The van der Waals surface area contributed by atoms with E-state index < -0.39 is 17.7 Å². The number of amides is 1. The molecule has 7 nitrogen and oxygen atoms in total. The molecular formula is C10H14N2O5. The summed E-state index contributed by atoms with van der Waals surface area (Å²) >= 11 is 0. The van der Waals surface area contributed by atoms with Gasteiger partial charge in [-0.1, -0.05) is 5.16 Å². The summed E-state index contributed by atoms with van der Waals surface area (Å²) in [7, 11) is 0. The predicted octanol–water partition coefficient (Wildman–Crippen LogP) is 1.40. The number of carboxylic acids is 1. The smallest absolute Gasteiger partial charge is 0.407 e. The highest BCUT2D eigenvalue weighted by atomic mass is 16.6. The molecule has 2 N–H and O–H groups in total. The van der Waals surface area contributed by atoms with Gasteiger partial charge < -0.3 is 19.7 Å². The first-order chi connectivity index (χ1) is 7.79. The van der Waals surface area contributed by atoms with Crippen molar-refractivity contribution in [3.05, 3.63) is 17.5 Å². The molecule has 1 amide bonds. The maximum atomic E-state index is 11.3. The molecule has 0 aliphatic carbocycles. The maximum absolute atomic E-state index is 11.3. The quantitative estimate of drug-likeness (QED) is 0.830. The molecule has 0 aliphatic rings. The van der Waals surface area contributed by atoms with E-state index in [1.807, 2.05) is 0 Å². The summed E-state index contributed by atoms with van der Waals surface area (Å²) < 4.78 is 9.51. The Labute approximate surface area is 97.7 Å². The lowest BCUT2D eigenvalue weighted by atomic mass is 10.2. The fraction of sp³-hybridized carbons (Fsp3) is 0.500. The van der Waals surface area contributed by atoms with Crippen LogP contribution in [-0.2, 0) is 11.3 Å². The van der Waals surface area contributed by atoms with Crippen molar-refractivity contribution in [1.82, 2.24) is 10.5 Å². The molecule has 0 spiro atoms. The van der Waals surface area contributed by atoms with E-state index in [9.17, 15) is 9.59 Å². The lowest BCUT2D eigenvalue weighted by Crippen LogP contribution is -2.32. The summed E-state index contributed by atoms with van der Waals surface area (Å²) in [5.74, 6) is -1.52. The number of aromatic nitrogens is 1. The van der Waals surface area contributed by atoms with Crippen LogP contribution in [0.25, 0.3) is 0 Å². The van der Waals surface area contributed by atoms with Gasteiger partial charge in [-0.25, -0.2) is 9.59 Å². The van der Waals surface area contributed by atoms with Crippen molar-refractivity contribution in [2.75, 3.05) is 0 Å². The van der Waals surface area contributed by atoms with E-state index in [-0.39, 0.29) is 17.9 Å². The van der Waals surface area contributed by atoms with Gasteiger partial charge in [0.2, 0.25) is 5.76 Å². The van der Waals surface area contributed by atoms with E-state index in [4.69, 9.17) is 9.84 Å². The van der Waals surface area contributed by atoms with E-state index in [1.165, 1.54) is 6.20 Å². The molecule has 7 heteroatoms. The van der Waals surface area contributed by atoms with Crippen LogP contribution in [0.2, 0.25) is 0 Å². The molecular weight excluding hydrogens is 228 g/mol. The number of nitrogens with zero attached hydrogens (tertiary/aromatic N) is 1. The third kappa shape index (κ3) is 4.13. The van der Waals surface area contributed by atoms with Gasteiger partial charge in [-0.3, -0.25) is 0 Å². The second-order valence-electron chi connectivity index (χ2n) is 4.34. The van der Waals surface area contributed by atoms with Crippen molar-refractivity contribution in [3.63, 3.8) is 0 Å². The first kappa shape index (κ1) is 13.0. The summed E-state index contributed by atoms with van der Waals surface area (Å²) in [6.07, 6.45) is 0.607. The summed E-state index contributed by atoms with van der Waals surface area (Å²) in [5, 5.41) is 14.5. The number of carbonyl (C=O) groups is 2. The van der Waals surface area contributed by atoms with Crippen molar-refractivity contribution < 1.29 is 24.0 Å². The largest absolute Gasteiger partial charge is 0.475 e. The van der Waals surface area contributed by atoms with Gasteiger partial charge >= 0.3 is 12.1 Å². The molecule has 94 valence electrons. The molecule has 0 aromatic carbocycles. The highest BCUT2D eigenvalue weighted by Gasteiger charge is 2.19. The van der Waals surface area contributed by atoms with E-state index in [0.717, 1.165) is 0 Å². The minimum Gasteiger partial charge on any atom is -0.475 e. The highest BCUT2D eigenvalue weighted by Crippen LogP contribution is 2.09. The van der Waals surface area contributed by atoms with Gasteiger partial charge in [-0.05, 0) is 20.8 Å². The van der Waals surface area contributed by atoms with Gasteiger partial charge in [0.25, 0.3) is 0 Å². The Hall–Kier alpha value is -2.05. The minimum absolute atomic E-state index is 0.0138. The predicted molar refractivity (Wildman–Crippen MR) is 56.5 cm³/mol. The number of aromatic carboxylic acids is 1. The zero-order chi connectivity index (χ0) is 13.1. The van der Waals surface area contributed by atoms with E-state index in [1.54, 1.807) is 20.8 Å². The Morgan fingerprint density at radius 1 is 1.53 bits per heavy atom. The van der Waals surface area contributed by atoms with Crippen LogP contribution in [0.3, 0.4) is 0 Å².